The van der Waals surface area contributed by atoms with Crippen molar-refractivity contribution in [2.75, 3.05) is 39.1 Å². The number of aromatic nitrogens is 2. The van der Waals surface area contributed by atoms with Crippen LogP contribution >= 0.6 is 15.9 Å². The minimum absolute atomic E-state index is 0.0331. The molecule has 1 saturated heterocycles. The molecule has 0 spiro atoms. The van der Waals surface area contributed by atoms with Gasteiger partial charge in [0.2, 0.25) is 0 Å². The fraction of sp³-hybridized carbons (Fsp3) is 0.667. The highest BCUT2D eigenvalue weighted by Crippen LogP contribution is 2.27. The van der Waals surface area contributed by atoms with Crippen LogP contribution in [0.25, 0.3) is 0 Å². The van der Waals surface area contributed by atoms with E-state index < -0.39 is 0 Å². The van der Waals surface area contributed by atoms with Crippen LogP contribution < -0.4 is 5.32 Å². The van der Waals surface area contributed by atoms with Crippen LogP contribution in [-0.2, 0) is 11.2 Å². The Morgan fingerprint density at radius 2 is 2.28 bits per heavy atom. The molecular formula is C12H19BrN4O. The SMILES string of the molecule is CCc1nc(C2CN(C)CCO2)nc(NC)c1Br. The molecule has 6 heteroatoms. The molecule has 18 heavy (non-hydrogen) atoms. The molecule has 0 radical (unpaired) electrons. The van der Waals surface area contributed by atoms with Crippen molar-refractivity contribution in [3.05, 3.63) is 16.0 Å². The number of aryl methyl sites for hydroxylation is 1. The molecule has 0 saturated carbocycles. The van der Waals surface area contributed by atoms with Crippen LogP contribution in [0.15, 0.2) is 4.47 Å². The molecule has 0 aromatic carbocycles. The van der Waals surface area contributed by atoms with E-state index in [0.29, 0.717) is 0 Å². The van der Waals surface area contributed by atoms with Crippen LogP contribution in [-0.4, -0.2) is 48.7 Å². The van der Waals surface area contributed by atoms with E-state index in [1.54, 1.807) is 0 Å². The van der Waals surface area contributed by atoms with Gasteiger partial charge in [-0.1, -0.05) is 6.92 Å². The van der Waals surface area contributed by atoms with Crippen molar-refractivity contribution in [3.63, 3.8) is 0 Å². The Bertz CT molecular complexity index is 402. The summed E-state index contributed by atoms with van der Waals surface area (Å²) in [4.78, 5) is 11.4. The summed E-state index contributed by atoms with van der Waals surface area (Å²) >= 11 is 3.53. The van der Waals surface area contributed by atoms with Gasteiger partial charge in [0.15, 0.2) is 5.82 Å². The predicted molar refractivity (Wildman–Crippen MR) is 74.8 cm³/mol. The molecule has 1 aromatic heterocycles. The van der Waals surface area contributed by atoms with Crippen LogP contribution in [0.4, 0.5) is 5.82 Å². The Labute approximate surface area is 116 Å². The highest BCUT2D eigenvalue weighted by Gasteiger charge is 2.23. The van der Waals surface area contributed by atoms with Crippen molar-refractivity contribution < 1.29 is 4.74 Å². The van der Waals surface area contributed by atoms with Gasteiger partial charge >= 0.3 is 0 Å². The third-order valence-corrected chi connectivity index (χ3v) is 3.90. The molecule has 1 fully saturated rings. The van der Waals surface area contributed by atoms with E-state index in [4.69, 9.17) is 4.74 Å². The zero-order valence-corrected chi connectivity index (χ0v) is 12.6. The lowest BCUT2D eigenvalue weighted by molar-refractivity contribution is -0.0255. The van der Waals surface area contributed by atoms with Gasteiger partial charge in [-0.05, 0) is 29.4 Å². The first-order chi connectivity index (χ1) is 8.65. The van der Waals surface area contributed by atoms with E-state index in [0.717, 1.165) is 47.9 Å². The number of anilines is 1. The van der Waals surface area contributed by atoms with Gasteiger partial charge in [-0.25, -0.2) is 9.97 Å². The monoisotopic (exact) mass is 314 g/mol. The Balaban J connectivity index is 2.32. The van der Waals surface area contributed by atoms with Crippen molar-refractivity contribution in [3.8, 4) is 0 Å². The number of halogens is 1. The Hall–Kier alpha value is -0.720. The van der Waals surface area contributed by atoms with Crippen LogP contribution in [0.2, 0.25) is 0 Å². The summed E-state index contributed by atoms with van der Waals surface area (Å²) in [5, 5.41) is 3.09. The van der Waals surface area contributed by atoms with Gasteiger partial charge in [-0.2, -0.15) is 0 Å². The van der Waals surface area contributed by atoms with Crippen LogP contribution in [0.1, 0.15) is 24.5 Å². The Morgan fingerprint density at radius 1 is 1.50 bits per heavy atom. The zero-order valence-electron chi connectivity index (χ0n) is 11.0. The van der Waals surface area contributed by atoms with Gasteiger partial charge in [0.25, 0.3) is 0 Å². The maximum absolute atomic E-state index is 5.76. The highest BCUT2D eigenvalue weighted by molar-refractivity contribution is 9.10. The third kappa shape index (κ3) is 2.81. The minimum atomic E-state index is -0.0331. The molecule has 1 N–H and O–H groups in total. The van der Waals surface area contributed by atoms with Crippen molar-refractivity contribution in [2.24, 2.45) is 0 Å². The number of likely N-dealkylation sites (N-methyl/N-ethyl adjacent to an activating group) is 1. The van der Waals surface area contributed by atoms with E-state index in [-0.39, 0.29) is 6.10 Å². The molecule has 5 nitrogen and oxygen atoms in total. The lowest BCUT2D eigenvalue weighted by Crippen LogP contribution is -2.36. The fourth-order valence-electron chi connectivity index (χ4n) is 1.99. The highest BCUT2D eigenvalue weighted by atomic mass is 79.9. The van der Waals surface area contributed by atoms with E-state index in [9.17, 15) is 0 Å². The smallest absolute Gasteiger partial charge is 0.161 e. The number of ether oxygens (including phenoxy) is 1. The van der Waals surface area contributed by atoms with E-state index in [1.807, 2.05) is 7.05 Å². The molecular weight excluding hydrogens is 296 g/mol. The third-order valence-electron chi connectivity index (χ3n) is 3.07. The second-order valence-corrected chi connectivity index (χ2v) is 5.21. The standard InChI is InChI=1S/C12H19BrN4O/c1-4-8-10(13)12(14-2)16-11(15-8)9-7-17(3)5-6-18-9/h9H,4-7H2,1-3H3,(H,14,15,16). The maximum Gasteiger partial charge on any atom is 0.161 e. The zero-order chi connectivity index (χ0) is 13.1. The van der Waals surface area contributed by atoms with Gasteiger partial charge in [-0.15, -0.1) is 0 Å². The summed E-state index contributed by atoms with van der Waals surface area (Å²) < 4.78 is 6.71. The van der Waals surface area contributed by atoms with Crippen LogP contribution in [0, 0.1) is 0 Å². The van der Waals surface area contributed by atoms with Crippen LogP contribution in [0.3, 0.4) is 0 Å². The van der Waals surface area contributed by atoms with Crippen LogP contribution in [0.5, 0.6) is 0 Å². The first-order valence-corrected chi connectivity index (χ1v) is 6.99. The molecule has 1 aliphatic rings. The minimum Gasteiger partial charge on any atom is -0.372 e. The molecule has 1 aliphatic heterocycles. The molecule has 1 unspecified atom stereocenters. The molecule has 0 bridgehead atoms. The lowest BCUT2D eigenvalue weighted by atomic mass is 10.2. The first kappa shape index (κ1) is 13.7. The fourth-order valence-corrected chi connectivity index (χ4v) is 2.65. The number of rotatable bonds is 3. The molecule has 0 amide bonds. The topological polar surface area (TPSA) is 50.3 Å². The summed E-state index contributed by atoms with van der Waals surface area (Å²) in [6.45, 7) is 4.63. The maximum atomic E-state index is 5.76. The second kappa shape index (κ2) is 5.95. The Morgan fingerprint density at radius 3 is 2.89 bits per heavy atom. The van der Waals surface area contributed by atoms with E-state index in [2.05, 4.69) is 50.1 Å². The quantitative estimate of drug-likeness (QED) is 0.922. The molecule has 100 valence electrons. The van der Waals surface area contributed by atoms with Gasteiger partial charge in [-0.3, -0.25) is 0 Å². The van der Waals surface area contributed by atoms with Crippen molar-refractivity contribution in [1.82, 2.24) is 14.9 Å². The average molecular weight is 315 g/mol. The molecule has 2 rings (SSSR count). The number of nitrogens with zero attached hydrogens (tertiary/aromatic N) is 3. The molecule has 1 atom stereocenters. The van der Waals surface area contributed by atoms with E-state index >= 15 is 0 Å². The summed E-state index contributed by atoms with van der Waals surface area (Å²) in [5.41, 5.74) is 1.01. The predicted octanol–water partition coefficient (Wildman–Crippen LogP) is 1.85. The van der Waals surface area contributed by atoms with E-state index in [1.165, 1.54) is 0 Å². The van der Waals surface area contributed by atoms with Crippen molar-refractivity contribution in [2.45, 2.75) is 19.4 Å². The second-order valence-electron chi connectivity index (χ2n) is 4.42. The summed E-state index contributed by atoms with van der Waals surface area (Å²) in [7, 11) is 3.96. The number of hydrogen-bond acceptors (Lipinski definition) is 5. The first-order valence-electron chi connectivity index (χ1n) is 6.20. The summed E-state index contributed by atoms with van der Waals surface area (Å²) in [6, 6.07) is 0. The van der Waals surface area contributed by atoms with Crippen molar-refractivity contribution >= 4 is 21.7 Å². The largest absolute Gasteiger partial charge is 0.372 e. The van der Waals surface area contributed by atoms with Gasteiger partial charge in [0.05, 0.1) is 16.8 Å². The summed E-state index contributed by atoms with van der Waals surface area (Å²) in [5.74, 6) is 1.60. The normalized spacial score (nSPS) is 21.0. The average Bonchev–Trinajstić information content (AvgIpc) is 2.39. The van der Waals surface area contributed by atoms with Gasteiger partial charge < -0.3 is 15.0 Å². The Kier molecular flexibility index (Phi) is 4.53. The van der Waals surface area contributed by atoms with Crippen molar-refractivity contribution in [1.29, 1.82) is 0 Å². The number of hydrogen-bond donors (Lipinski definition) is 1. The van der Waals surface area contributed by atoms with Gasteiger partial charge in [0.1, 0.15) is 11.9 Å². The lowest BCUT2D eigenvalue weighted by Gasteiger charge is -2.29. The summed E-state index contributed by atoms with van der Waals surface area (Å²) in [6.07, 6.45) is 0.835. The number of nitrogens with one attached hydrogen (secondary N) is 1. The number of morpholine rings is 1. The molecule has 2 heterocycles. The van der Waals surface area contributed by atoms with Gasteiger partial charge in [0, 0.05) is 20.1 Å². The molecule has 1 aromatic rings. The molecule has 0 aliphatic carbocycles.